The summed E-state index contributed by atoms with van der Waals surface area (Å²) in [7, 11) is 0. The van der Waals surface area contributed by atoms with Gasteiger partial charge in [-0.1, -0.05) is 6.92 Å². The van der Waals surface area contributed by atoms with Gasteiger partial charge in [0.1, 0.15) is 12.0 Å². The summed E-state index contributed by atoms with van der Waals surface area (Å²) in [5, 5.41) is 3.03. The molecule has 0 radical (unpaired) electrons. The van der Waals surface area contributed by atoms with Crippen LogP contribution in [0.5, 0.6) is 0 Å². The Bertz CT molecular complexity index is 637. The topological polar surface area (TPSA) is 83.9 Å². The molecule has 1 aliphatic rings. The van der Waals surface area contributed by atoms with Gasteiger partial charge in [-0.25, -0.2) is 19.9 Å². The molecule has 2 aromatic heterocycles. The molecule has 0 atom stereocenters. The van der Waals surface area contributed by atoms with Crippen LogP contribution in [-0.4, -0.2) is 45.0 Å². The van der Waals surface area contributed by atoms with Gasteiger partial charge in [-0.2, -0.15) is 0 Å². The molecule has 0 bridgehead atoms. The molecule has 0 unspecified atom stereocenters. The Labute approximate surface area is 135 Å². The summed E-state index contributed by atoms with van der Waals surface area (Å²) in [6, 6.07) is 1.77. The van der Waals surface area contributed by atoms with Crippen LogP contribution in [0.4, 0.5) is 5.95 Å². The number of anilines is 1. The largest absolute Gasteiger partial charge is 0.348 e. The molecule has 120 valence electrons. The van der Waals surface area contributed by atoms with Crippen molar-refractivity contribution in [2.75, 3.05) is 18.0 Å². The minimum atomic E-state index is -0.144. The number of nitrogens with zero attached hydrogens (tertiary/aromatic N) is 5. The van der Waals surface area contributed by atoms with E-state index in [9.17, 15) is 4.79 Å². The van der Waals surface area contributed by atoms with Crippen molar-refractivity contribution in [2.45, 2.75) is 32.2 Å². The predicted molar refractivity (Wildman–Crippen MR) is 86.1 cm³/mol. The van der Waals surface area contributed by atoms with Crippen molar-refractivity contribution < 1.29 is 4.79 Å². The van der Waals surface area contributed by atoms with E-state index in [1.807, 2.05) is 12.4 Å². The molecule has 1 aliphatic heterocycles. The molecule has 3 rings (SSSR count). The van der Waals surface area contributed by atoms with Crippen LogP contribution in [-0.2, 0) is 6.42 Å². The lowest BCUT2D eigenvalue weighted by molar-refractivity contribution is 0.0926. The monoisotopic (exact) mass is 312 g/mol. The number of aryl methyl sites for hydroxylation is 1. The van der Waals surface area contributed by atoms with Gasteiger partial charge < -0.3 is 10.2 Å². The average molecular weight is 312 g/mol. The van der Waals surface area contributed by atoms with Gasteiger partial charge in [-0.05, 0) is 30.9 Å². The van der Waals surface area contributed by atoms with E-state index in [0.29, 0.717) is 5.69 Å². The second-order valence-corrected chi connectivity index (χ2v) is 5.57. The summed E-state index contributed by atoms with van der Waals surface area (Å²) in [6.07, 6.45) is 9.40. The summed E-state index contributed by atoms with van der Waals surface area (Å²) in [5.74, 6) is 0.622. The molecule has 0 aromatic carbocycles. The molecule has 1 N–H and O–H groups in total. The lowest BCUT2D eigenvalue weighted by atomic mass is 10.1. The Hall–Kier alpha value is -2.57. The third-order valence-corrected chi connectivity index (χ3v) is 4.03. The first-order valence-electron chi connectivity index (χ1n) is 7.89. The first-order valence-corrected chi connectivity index (χ1v) is 7.89. The number of hydrogen-bond acceptors (Lipinski definition) is 6. The molecule has 0 saturated carbocycles. The Morgan fingerprint density at radius 1 is 1.26 bits per heavy atom. The Morgan fingerprint density at radius 3 is 2.61 bits per heavy atom. The van der Waals surface area contributed by atoms with Gasteiger partial charge in [0, 0.05) is 37.7 Å². The molecule has 2 aromatic rings. The predicted octanol–water partition coefficient (Wildman–Crippen LogP) is 1.23. The maximum Gasteiger partial charge on any atom is 0.270 e. The Balaban J connectivity index is 1.53. The number of rotatable bonds is 4. The zero-order valence-electron chi connectivity index (χ0n) is 13.1. The van der Waals surface area contributed by atoms with Gasteiger partial charge >= 0.3 is 0 Å². The molecule has 1 amide bonds. The van der Waals surface area contributed by atoms with Crippen molar-refractivity contribution in [2.24, 2.45) is 0 Å². The SMILES string of the molecule is CCc1cnc(N2CCC(NC(=O)c3ccncn3)CC2)nc1. The van der Waals surface area contributed by atoms with Crippen LogP contribution < -0.4 is 10.2 Å². The number of aromatic nitrogens is 4. The Morgan fingerprint density at radius 2 is 2.00 bits per heavy atom. The van der Waals surface area contributed by atoms with E-state index >= 15 is 0 Å². The summed E-state index contributed by atoms with van der Waals surface area (Å²) < 4.78 is 0. The quantitative estimate of drug-likeness (QED) is 0.914. The third-order valence-electron chi connectivity index (χ3n) is 4.03. The number of carbonyl (C=O) groups excluding carboxylic acids is 1. The van der Waals surface area contributed by atoms with Gasteiger partial charge in [-0.3, -0.25) is 4.79 Å². The normalized spacial score (nSPS) is 15.4. The van der Waals surface area contributed by atoms with E-state index in [2.05, 4.69) is 37.1 Å². The van der Waals surface area contributed by atoms with Crippen LogP contribution in [0.2, 0.25) is 0 Å². The number of amides is 1. The van der Waals surface area contributed by atoms with E-state index in [4.69, 9.17) is 0 Å². The van der Waals surface area contributed by atoms with Crippen molar-refractivity contribution in [3.8, 4) is 0 Å². The van der Waals surface area contributed by atoms with E-state index in [0.717, 1.165) is 43.9 Å². The van der Waals surface area contributed by atoms with Crippen LogP contribution in [0.25, 0.3) is 0 Å². The van der Waals surface area contributed by atoms with Crippen LogP contribution in [0.15, 0.2) is 31.0 Å². The molecule has 0 aliphatic carbocycles. The molecule has 1 fully saturated rings. The first kappa shape index (κ1) is 15.3. The fourth-order valence-electron chi connectivity index (χ4n) is 2.60. The minimum Gasteiger partial charge on any atom is -0.348 e. The van der Waals surface area contributed by atoms with E-state index in [1.54, 1.807) is 12.3 Å². The van der Waals surface area contributed by atoms with Gasteiger partial charge in [0.2, 0.25) is 5.95 Å². The molecule has 0 spiro atoms. The average Bonchev–Trinajstić information content (AvgIpc) is 2.63. The third kappa shape index (κ3) is 3.80. The highest BCUT2D eigenvalue weighted by Crippen LogP contribution is 2.16. The minimum absolute atomic E-state index is 0.144. The lowest BCUT2D eigenvalue weighted by Crippen LogP contribution is -2.45. The molecule has 1 saturated heterocycles. The van der Waals surface area contributed by atoms with E-state index < -0.39 is 0 Å². The Kier molecular flexibility index (Phi) is 4.75. The van der Waals surface area contributed by atoms with Crippen LogP contribution in [0, 0.1) is 0 Å². The molecule has 3 heterocycles. The van der Waals surface area contributed by atoms with Gasteiger partial charge in [-0.15, -0.1) is 0 Å². The van der Waals surface area contributed by atoms with Crippen molar-refractivity contribution in [3.63, 3.8) is 0 Å². The molecule has 7 heteroatoms. The summed E-state index contributed by atoms with van der Waals surface area (Å²) in [5.41, 5.74) is 1.54. The van der Waals surface area contributed by atoms with E-state index in [1.165, 1.54) is 6.33 Å². The van der Waals surface area contributed by atoms with E-state index in [-0.39, 0.29) is 11.9 Å². The number of piperidine rings is 1. The molecule has 23 heavy (non-hydrogen) atoms. The van der Waals surface area contributed by atoms with Crippen molar-refractivity contribution in [1.82, 2.24) is 25.3 Å². The fraction of sp³-hybridized carbons (Fsp3) is 0.438. The maximum absolute atomic E-state index is 12.1. The maximum atomic E-state index is 12.1. The molecule has 7 nitrogen and oxygen atoms in total. The lowest BCUT2D eigenvalue weighted by Gasteiger charge is -2.32. The van der Waals surface area contributed by atoms with Gasteiger partial charge in [0.15, 0.2) is 0 Å². The second kappa shape index (κ2) is 7.13. The van der Waals surface area contributed by atoms with Gasteiger partial charge in [0.05, 0.1) is 0 Å². The van der Waals surface area contributed by atoms with Gasteiger partial charge in [0.25, 0.3) is 5.91 Å². The highest BCUT2D eigenvalue weighted by molar-refractivity contribution is 5.92. The number of hydrogen-bond donors (Lipinski definition) is 1. The zero-order chi connectivity index (χ0) is 16.1. The second-order valence-electron chi connectivity index (χ2n) is 5.57. The standard InChI is InChI=1S/C16H20N6O/c1-2-12-9-18-16(19-10-12)22-7-4-13(5-8-22)21-15(23)14-3-6-17-11-20-14/h3,6,9-11,13H,2,4-5,7-8H2,1H3,(H,21,23). The fourth-order valence-corrected chi connectivity index (χ4v) is 2.60. The van der Waals surface area contributed by atoms with Crippen molar-refractivity contribution in [3.05, 3.63) is 42.2 Å². The number of carbonyl (C=O) groups is 1. The molecular formula is C16H20N6O. The highest BCUT2D eigenvalue weighted by Gasteiger charge is 2.22. The summed E-state index contributed by atoms with van der Waals surface area (Å²) >= 11 is 0. The zero-order valence-corrected chi connectivity index (χ0v) is 13.1. The smallest absolute Gasteiger partial charge is 0.270 e. The highest BCUT2D eigenvalue weighted by atomic mass is 16.1. The molecular weight excluding hydrogens is 292 g/mol. The van der Waals surface area contributed by atoms with Crippen LogP contribution in [0.3, 0.4) is 0 Å². The summed E-state index contributed by atoms with van der Waals surface area (Å²) in [4.78, 5) is 30.9. The first-order chi connectivity index (χ1) is 11.3. The van der Waals surface area contributed by atoms with Crippen LogP contribution in [0.1, 0.15) is 35.8 Å². The van der Waals surface area contributed by atoms with Crippen molar-refractivity contribution in [1.29, 1.82) is 0 Å². The summed E-state index contributed by atoms with van der Waals surface area (Å²) in [6.45, 7) is 3.75. The van der Waals surface area contributed by atoms with Crippen LogP contribution >= 0.6 is 0 Å². The van der Waals surface area contributed by atoms with Crippen molar-refractivity contribution >= 4 is 11.9 Å². The number of nitrogens with one attached hydrogen (secondary N) is 1.